The molecule has 1 aliphatic rings. The highest BCUT2D eigenvalue weighted by atomic mass is 16.1. The van der Waals surface area contributed by atoms with Crippen LogP contribution in [0.2, 0.25) is 0 Å². The Morgan fingerprint density at radius 1 is 1.14 bits per heavy atom. The molecule has 2 heteroatoms. The SMILES string of the molecule is CC.CC.N[C@H](C=O)C1CCCCC1.[HH]. The lowest BCUT2D eigenvalue weighted by molar-refractivity contribution is -0.110. The molecule has 0 aromatic carbocycles. The molecular formula is C12H29NO. The highest BCUT2D eigenvalue weighted by molar-refractivity contribution is 5.57. The maximum atomic E-state index is 10.3. The van der Waals surface area contributed by atoms with Crippen molar-refractivity contribution in [3.05, 3.63) is 0 Å². The first-order valence-electron chi connectivity index (χ1n) is 6.05. The van der Waals surface area contributed by atoms with Crippen molar-refractivity contribution in [2.75, 3.05) is 0 Å². The Balaban J connectivity index is -0.000000258. The molecule has 2 N–H and O–H groups in total. The normalized spacial score (nSPS) is 18.1. The number of carbonyl (C=O) groups excluding carboxylic acids is 1. The van der Waals surface area contributed by atoms with Crippen LogP contribution in [0.25, 0.3) is 0 Å². The minimum Gasteiger partial charge on any atom is -0.322 e. The molecule has 1 atom stereocenters. The summed E-state index contributed by atoms with van der Waals surface area (Å²) >= 11 is 0. The average Bonchev–Trinajstić information content (AvgIpc) is 2.34. The highest BCUT2D eigenvalue weighted by Gasteiger charge is 2.19. The van der Waals surface area contributed by atoms with Gasteiger partial charge in [0.25, 0.3) is 0 Å². The van der Waals surface area contributed by atoms with E-state index in [9.17, 15) is 4.79 Å². The molecule has 2 nitrogen and oxygen atoms in total. The van der Waals surface area contributed by atoms with E-state index in [0.717, 1.165) is 19.1 Å². The zero-order valence-corrected chi connectivity index (χ0v) is 10.3. The van der Waals surface area contributed by atoms with Gasteiger partial charge in [-0.25, -0.2) is 0 Å². The largest absolute Gasteiger partial charge is 0.322 e. The van der Waals surface area contributed by atoms with Crippen molar-refractivity contribution in [1.82, 2.24) is 0 Å². The van der Waals surface area contributed by atoms with Crippen LogP contribution >= 0.6 is 0 Å². The van der Waals surface area contributed by atoms with Gasteiger partial charge in [0.05, 0.1) is 6.04 Å². The molecule has 1 saturated carbocycles. The van der Waals surface area contributed by atoms with Gasteiger partial charge in [-0.2, -0.15) is 0 Å². The lowest BCUT2D eigenvalue weighted by atomic mass is 9.85. The van der Waals surface area contributed by atoms with Gasteiger partial charge < -0.3 is 10.5 Å². The van der Waals surface area contributed by atoms with Gasteiger partial charge in [-0.1, -0.05) is 47.0 Å². The monoisotopic (exact) mass is 203 g/mol. The molecule has 0 amide bonds. The number of hydrogen-bond donors (Lipinski definition) is 1. The summed E-state index contributed by atoms with van der Waals surface area (Å²) in [5, 5.41) is 0. The molecule has 0 spiro atoms. The van der Waals surface area contributed by atoms with Gasteiger partial charge in [-0.05, 0) is 18.8 Å². The molecular weight excluding hydrogens is 174 g/mol. The zero-order chi connectivity index (χ0) is 11.4. The predicted octanol–water partition coefficient (Wildman–Crippen LogP) is 3.39. The lowest BCUT2D eigenvalue weighted by Gasteiger charge is -2.23. The molecule has 0 bridgehead atoms. The van der Waals surface area contributed by atoms with E-state index in [1.807, 2.05) is 27.7 Å². The first kappa shape index (κ1) is 16.1. The summed E-state index contributed by atoms with van der Waals surface area (Å²) in [5.74, 6) is 0.478. The lowest BCUT2D eigenvalue weighted by Crippen LogP contribution is -2.32. The number of rotatable bonds is 2. The van der Waals surface area contributed by atoms with Gasteiger partial charge in [0.1, 0.15) is 6.29 Å². The third kappa shape index (κ3) is 7.07. The van der Waals surface area contributed by atoms with Gasteiger partial charge in [0, 0.05) is 1.43 Å². The number of aldehydes is 1. The molecule has 88 valence electrons. The van der Waals surface area contributed by atoms with E-state index in [4.69, 9.17) is 5.73 Å². The fourth-order valence-electron chi connectivity index (χ4n) is 1.63. The van der Waals surface area contributed by atoms with Crippen LogP contribution in [0, 0.1) is 5.92 Å². The summed E-state index contributed by atoms with van der Waals surface area (Å²) in [5.41, 5.74) is 5.58. The Kier molecular flexibility index (Phi) is 14.5. The summed E-state index contributed by atoms with van der Waals surface area (Å²) in [7, 11) is 0. The third-order valence-electron chi connectivity index (χ3n) is 2.35. The molecule has 1 fully saturated rings. The van der Waals surface area contributed by atoms with Gasteiger partial charge >= 0.3 is 0 Å². The predicted molar refractivity (Wildman–Crippen MR) is 65.4 cm³/mol. The number of carbonyl (C=O) groups is 1. The molecule has 1 aliphatic carbocycles. The second-order valence-corrected chi connectivity index (χ2v) is 3.11. The van der Waals surface area contributed by atoms with E-state index in [-0.39, 0.29) is 7.47 Å². The molecule has 0 aromatic rings. The van der Waals surface area contributed by atoms with Crippen molar-refractivity contribution in [2.24, 2.45) is 11.7 Å². The van der Waals surface area contributed by atoms with Crippen LogP contribution in [0.5, 0.6) is 0 Å². The molecule has 0 saturated heterocycles. The standard InChI is InChI=1S/C8H15NO.2C2H6.H2/c9-8(6-10)7-4-2-1-3-5-7;2*1-2;/h6-8H,1-5,9H2;2*1-2H3;1H/t8-;;;/m1.../s1. The molecule has 0 radical (unpaired) electrons. The smallest absolute Gasteiger partial charge is 0.136 e. The second kappa shape index (κ2) is 12.6. The van der Waals surface area contributed by atoms with Crippen molar-refractivity contribution in [3.8, 4) is 0 Å². The average molecular weight is 203 g/mol. The van der Waals surface area contributed by atoms with E-state index in [2.05, 4.69) is 0 Å². The first-order chi connectivity index (χ1) is 6.84. The van der Waals surface area contributed by atoms with E-state index in [1.54, 1.807) is 0 Å². The second-order valence-electron chi connectivity index (χ2n) is 3.11. The Labute approximate surface area is 90.7 Å². The van der Waals surface area contributed by atoms with Crippen molar-refractivity contribution in [3.63, 3.8) is 0 Å². The summed E-state index contributed by atoms with van der Waals surface area (Å²) in [6.45, 7) is 8.00. The summed E-state index contributed by atoms with van der Waals surface area (Å²) in [6, 6.07) is -0.194. The van der Waals surface area contributed by atoms with Crippen LogP contribution in [0.4, 0.5) is 0 Å². The number of nitrogens with two attached hydrogens (primary N) is 1. The van der Waals surface area contributed by atoms with E-state index in [0.29, 0.717) is 5.92 Å². The van der Waals surface area contributed by atoms with Crippen LogP contribution in [0.1, 0.15) is 61.2 Å². The van der Waals surface area contributed by atoms with Gasteiger partial charge in [0.15, 0.2) is 0 Å². The minimum absolute atomic E-state index is 0. The maximum absolute atomic E-state index is 10.3. The van der Waals surface area contributed by atoms with Crippen molar-refractivity contribution in [2.45, 2.75) is 65.8 Å². The van der Waals surface area contributed by atoms with E-state index < -0.39 is 0 Å². The Morgan fingerprint density at radius 2 is 1.57 bits per heavy atom. The highest BCUT2D eigenvalue weighted by Crippen LogP contribution is 2.24. The van der Waals surface area contributed by atoms with Crippen LogP contribution < -0.4 is 5.73 Å². The van der Waals surface area contributed by atoms with Crippen LogP contribution in [-0.2, 0) is 4.79 Å². The molecule has 0 aliphatic heterocycles. The Hall–Kier alpha value is -0.370. The topological polar surface area (TPSA) is 43.1 Å². The first-order valence-corrected chi connectivity index (χ1v) is 6.05. The fourth-order valence-corrected chi connectivity index (χ4v) is 1.63. The Morgan fingerprint density at radius 3 is 1.93 bits per heavy atom. The van der Waals surface area contributed by atoms with Crippen LogP contribution in [0.15, 0.2) is 0 Å². The minimum atomic E-state index is -0.194. The van der Waals surface area contributed by atoms with E-state index >= 15 is 0 Å². The maximum Gasteiger partial charge on any atom is 0.136 e. The van der Waals surface area contributed by atoms with Gasteiger partial charge in [-0.15, -0.1) is 0 Å². The van der Waals surface area contributed by atoms with Gasteiger partial charge in [0.2, 0.25) is 0 Å². The quantitative estimate of drug-likeness (QED) is 0.699. The van der Waals surface area contributed by atoms with E-state index in [1.165, 1.54) is 19.3 Å². The summed E-state index contributed by atoms with van der Waals surface area (Å²) < 4.78 is 0. The van der Waals surface area contributed by atoms with Crippen LogP contribution in [0.3, 0.4) is 0 Å². The Bertz CT molecular complexity index is 114. The molecule has 14 heavy (non-hydrogen) atoms. The summed E-state index contributed by atoms with van der Waals surface area (Å²) in [6.07, 6.45) is 7.02. The third-order valence-corrected chi connectivity index (χ3v) is 2.35. The molecule has 0 aromatic heterocycles. The number of hydrogen-bond acceptors (Lipinski definition) is 2. The molecule has 0 heterocycles. The van der Waals surface area contributed by atoms with Crippen molar-refractivity contribution in [1.29, 1.82) is 0 Å². The molecule has 0 unspecified atom stereocenters. The van der Waals surface area contributed by atoms with Crippen molar-refractivity contribution < 1.29 is 6.22 Å². The summed E-state index contributed by atoms with van der Waals surface area (Å²) in [4.78, 5) is 10.3. The fraction of sp³-hybridized carbons (Fsp3) is 0.917. The van der Waals surface area contributed by atoms with Gasteiger partial charge in [-0.3, -0.25) is 0 Å². The molecule has 1 rings (SSSR count). The zero-order valence-electron chi connectivity index (χ0n) is 10.3. The van der Waals surface area contributed by atoms with Crippen molar-refractivity contribution >= 4 is 6.29 Å². The van der Waals surface area contributed by atoms with Crippen LogP contribution in [-0.4, -0.2) is 12.3 Å².